The van der Waals surface area contributed by atoms with Gasteiger partial charge in [0.25, 0.3) is 0 Å². The molecule has 18 heavy (non-hydrogen) atoms. The van der Waals surface area contributed by atoms with E-state index in [1.54, 1.807) is 10.7 Å². The van der Waals surface area contributed by atoms with E-state index < -0.39 is 0 Å². The normalized spacial score (nSPS) is 11.0. The number of hydrogen-bond acceptors (Lipinski definition) is 4. The lowest BCUT2D eigenvalue weighted by Gasteiger charge is -2.00. The average molecular weight is 239 g/mol. The van der Waals surface area contributed by atoms with Crippen LogP contribution in [0.15, 0.2) is 36.7 Å². The first kappa shape index (κ1) is 10.9. The van der Waals surface area contributed by atoms with Crippen LogP contribution in [0, 0.1) is 6.92 Å². The largest absolute Gasteiger partial charge is 0.326 e. The van der Waals surface area contributed by atoms with Crippen molar-refractivity contribution in [3.8, 4) is 11.3 Å². The molecule has 1 aromatic carbocycles. The molecule has 0 aliphatic carbocycles. The summed E-state index contributed by atoms with van der Waals surface area (Å²) in [4.78, 5) is 4.38. The highest BCUT2D eigenvalue weighted by Gasteiger charge is 2.10. The molecule has 5 nitrogen and oxygen atoms in total. The van der Waals surface area contributed by atoms with E-state index in [0.717, 1.165) is 22.5 Å². The molecular formula is C13H13N5. The van der Waals surface area contributed by atoms with E-state index in [4.69, 9.17) is 5.73 Å². The Morgan fingerprint density at radius 3 is 3.00 bits per heavy atom. The second kappa shape index (κ2) is 4.19. The van der Waals surface area contributed by atoms with Crippen LogP contribution in [-0.4, -0.2) is 19.8 Å². The Bertz CT molecular complexity index is 701. The van der Waals surface area contributed by atoms with Crippen molar-refractivity contribution in [2.75, 3.05) is 0 Å². The minimum Gasteiger partial charge on any atom is -0.326 e. The van der Waals surface area contributed by atoms with Crippen molar-refractivity contribution in [1.82, 2.24) is 19.8 Å². The Kier molecular flexibility index (Phi) is 2.53. The molecule has 5 heteroatoms. The van der Waals surface area contributed by atoms with Gasteiger partial charge in [-0.1, -0.05) is 29.0 Å². The molecule has 90 valence electrons. The van der Waals surface area contributed by atoms with Crippen LogP contribution >= 0.6 is 0 Å². The quantitative estimate of drug-likeness (QED) is 0.736. The maximum absolute atomic E-state index is 5.58. The van der Waals surface area contributed by atoms with Crippen molar-refractivity contribution in [3.63, 3.8) is 0 Å². The number of nitrogens with two attached hydrogens (primary N) is 1. The molecule has 0 aliphatic rings. The zero-order chi connectivity index (χ0) is 12.5. The molecule has 0 bridgehead atoms. The van der Waals surface area contributed by atoms with E-state index in [0.29, 0.717) is 6.54 Å². The van der Waals surface area contributed by atoms with E-state index in [-0.39, 0.29) is 0 Å². The molecule has 0 atom stereocenters. The van der Waals surface area contributed by atoms with E-state index in [9.17, 15) is 0 Å². The second-order valence-electron chi connectivity index (χ2n) is 4.24. The maximum Gasteiger partial charge on any atom is 0.183 e. The standard InChI is InChI=1S/C13H13N5/c1-9-3-2-4-11(5-9)12-13-15-7-10(6-14)8-18(13)17-16-12/h2-5,7-8H,6,14H2,1H3. The summed E-state index contributed by atoms with van der Waals surface area (Å²) in [5.41, 5.74) is 10.3. The smallest absolute Gasteiger partial charge is 0.183 e. The van der Waals surface area contributed by atoms with Crippen LogP contribution in [0.1, 0.15) is 11.1 Å². The van der Waals surface area contributed by atoms with Crippen LogP contribution in [0.3, 0.4) is 0 Å². The SMILES string of the molecule is Cc1cccc(-c2nnn3cc(CN)cnc23)c1. The molecule has 3 aromatic rings. The maximum atomic E-state index is 5.58. The third-order valence-corrected chi connectivity index (χ3v) is 2.84. The first-order chi connectivity index (χ1) is 8.78. The predicted octanol–water partition coefficient (Wildman–Crippen LogP) is 1.56. The lowest BCUT2D eigenvalue weighted by Crippen LogP contribution is -2.00. The van der Waals surface area contributed by atoms with Crippen molar-refractivity contribution < 1.29 is 0 Å². The fraction of sp³-hybridized carbons (Fsp3) is 0.154. The number of fused-ring (bicyclic) bond motifs is 1. The average Bonchev–Trinajstić information content (AvgIpc) is 2.81. The lowest BCUT2D eigenvalue weighted by atomic mass is 10.1. The molecule has 2 N–H and O–H groups in total. The molecule has 2 aromatic heterocycles. The first-order valence-corrected chi connectivity index (χ1v) is 5.75. The van der Waals surface area contributed by atoms with E-state index >= 15 is 0 Å². The Labute approximate surface area is 104 Å². The van der Waals surface area contributed by atoms with Gasteiger partial charge in [0.2, 0.25) is 0 Å². The van der Waals surface area contributed by atoms with Gasteiger partial charge in [0.05, 0.1) is 0 Å². The lowest BCUT2D eigenvalue weighted by molar-refractivity contribution is 0.832. The Morgan fingerprint density at radius 2 is 2.22 bits per heavy atom. The minimum atomic E-state index is 0.447. The summed E-state index contributed by atoms with van der Waals surface area (Å²) in [5.74, 6) is 0. The van der Waals surface area contributed by atoms with Gasteiger partial charge in [0.1, 0.15) is 5.69 Å². The Morgan fingerprint density at radius 1 is 1.33 bits per heavy atom. The summed E-state index contributed by atoms with van der Waals surface area (Å²) < 4.78 is 1.67. The molecule has 0 spiro atoms. The molecule has 0 radical (unpaired) electrons. The van der Waals surface area contributed by atoms with Gasteiger partial charge in [-0.25, -0.2) is 9.50 Å². The van der Waals surface area contributed by atoms with Gasteiger partial charge in [-0.3, -0.25) is 0 Å². The molecule has 0 saturated carbocycles. The van der Waals surface area contributed by atoms with Gasteiger partial charge < -0.3 is 5.73 Å². The zero-order valence-electron chi connectivity index (χ0n) is 10.0. The molecule has 0 fully saturated rings. The highest BCUT2D eigenvalue weighted by atomic mass is 15.4. The molecule has 2 heterocycles. The van der Waals surface area contributed by atoms with Crippen LogP contribution in [0.5, 0.6) is 0 Å². The van der Waals surface area contributed by atoms with E-state index in [1.165, 1.54) is 5.56 Å². The highest BCUT2D eigenvalue weighted by Crippen LogP contribution is 2.21. The van der Waals surface area contributed by atoms with Crippen molar-refractivity contribution in [3.05, 3.63) is 47.8 Å². The number of aromatic nitrogens is 4. The van der Waals surface area contributed by atoms with Gasteiger partial charge in [-0.05, 0) is 13.0 Å². The summed E-state index contributed by atoms with van der Waals surface area (Å²) in [6, 6.07) is 8.14. The molecule has 0 aliphatic heterocycles. The minimum absolute atomic E-state index is 0.447. The van der Waals surface area contributed by atoms with Crippen LogP contribution in [0.25, 0.3) is 16.9 Å². The fourth-order valence-corrected chi connectivity index (χ4v) is 1.91. The predicted molar refractivity (Wildman–Crippen MR) is 68.8 cm³/mol. The summed E-state index contributed by atoms with van der Waals surface area (Å²) in [7, 11) is 0. The van der Waals surface area contributed by atoms with Crippen LogP contribution in [-0.2, 0) is 6.54 Å². The monoisotopic (exact) mass is 239 g/mol. The second-order valence-corrected chi connectivity index (χ2v) is 4.24. The van der Waals surface area contributed by atoms with E-state index in [2.05, 4.69) is 34.4 Å². The third kappa shape index (κ3) is 1.74. The van der Waals surface area contributed by atoms with Crippen LogP contribution < -0.4 is 5.73 Å². The van der Waals surface area contributed by atoms with Crippen molar-refractivity contribution in [2.45, 2.75) is 13.5 Å². The van der Waals surface area contributed by atoms with Gasteiger partial charge >= 0.3 is 0 Å². The van der Waals surface area contributed by atoms with Gasteiger partial charge in [-0.15, -0.1) is 5.10 Å². The van der Waals surface area contributed by atoms with Crippen molar-refractivity contribution in [1.29, 1.82) is 0 Å². The van der Waals surface area contributed by atoms with Crippen molar-refractivity contribution >= 4 is 5.65 Å². The third-order valence-electron chi connectivity index (χ3n) is 2.84. The summed E-state index contributed by atoms with van der Waals surface area (Å²) >= 11 is 0. The fourth-order valence-electron chi connectivity index (χ4n) is 1.91. The van der Waals surface area contributed by atoms with Gasteiger partial charge in [0.15, 0.2) is 5.65 Å². The zero-order valence-corrected chi connectivity index (χ0v) is 10.0. The number of benzene rings is 1. The molecular weight excluding hydrogens is 226 g/mol. The van der Waals surface area contributed by atoms with Gasteiger partial charge in [0, 0.05) is 30.1 Å². The molecule has 0 saturated heterocycles. The van der Waals surface area contributed by atoms with Crippen LogP contribution in [0.2, 0.25) is 0 Å². The first-order valence-electron chi connectivity index (χ1n) is 5.75. The Balaban J connectivity index is 2.18. The van der Waals surface area contributed by atoms with Crippen LogP contribution in [0.4, 0.5) is 0 Å². The van der Waals surface area contributed by atoms with E-state index in [1.807, 2.05) is 18.3 Å². The molecule has 3 rings (SSSR count). The number of hydrogen-bond donors (Lipinski definition) is 1. The van der Waals surface area contributed by atoms with Crippen molar-refractivity contribution in [2.24, 2.45) is 5.73 Å². The number of nitrogens with zero attached hydrogens (tertiary/aromatic N) is 4. The summed E-state index contributed by atoms with van der Waals surface area (Å²) in [6.07, 6.45) is 3.62. The molecule has 0 unspecified atom stereocenters. The topological polar surface area (TPSA) is 69.1 Å². The van der Waals surface area contributed by atoms with Gasteiger partial charge in [-0.2, -0.15) is 0 Å². The number of rotatable bonds is 2. The highest BCUT2D eigenvalue weighted by molar-refractivity contribution is 5.73. The summed E-state index contributed by atoms with van der Waals surface area (Å²) in [6.45, 7) is 2.50. The summed E-state index contributed by atoms with van der Waals surface area (Å²) in [5, 5.41) is 8.27. The Hall–Kier alpha value is -2.27. The number of aryl methyl sites for hydroxylation is 1. The molecule has 0 amide bonds.